The average Bonchev–Trinajstić information content (AvgIpc) is 3.35. The molecule has 0 spiro atoms. The van der Waals surface area contributed by atoms with Gasteiger partial charge in [-0.15, -0.1) is 0 Å². The Labute approximate surface area is 200 Å². The highest BCUT2D eigenvalue weighted by Crippen LogP contribution is 2.44. The fraction of sp³-hybridized carbons (Fsp3) is 0.500. The number of rotatable bonds is 7. The summed E-state index contributed by atoms with van der Waals surface area (Å²) in [4.78, 5) is 13.2. The normalized spacial score (nSPS) is 18.8. The summed E-state index contributed by atoms with van der Waals surface area (Å²) in [6, 6.07) is 4.32. The summed E-state index contributed by atoms with van der Waals surface area (Å²) in [5, 5.41) is 4.38. The molecule has 4 heterocycles. The summed E-state index contributed by atoms with van der Waals surface area (Å²) in [7, 11) is -2.87. The Hall–Kier alpha value is -2.74. The first-order valence-electron chi connectivity index (χ1n) is 12.1. The molecule has 0 unspecified atom stereocenters. The van der Waals surface area contributed by atoms with Crippen LogP contribution in [0.2, 0.25) is 0 Å². The van der Waals surface area contributed by atoms with Crippen LogP contribution in [0.3, 0.4) is 0 Å². The summed E-state index contributed by atoms with van der Waals surface area (Å²) in [5.41, 5.74) is 9.97. The number of nitrogens with zero attached hydrogens (tertiary/aromatic N) is 4. The van der Waals surface area contributed by atoms with Crippen molar-refractivity contribution in [3.05, 3.63) is 47.0 Å². The predicted molar refractivity (Wildman–Crippen MR) is 136 cm³/mol. The minimum atomic E-state index is -2.87. The van der Waals surface area contributed by atoms with Gasteiger partial charge in [0.1, 0.15) is 16.2 Å². The lowest BCUT2D eigenvalue weighted by Gasteiger charge is -2.35. The second-order valence-electron chi connectivity index (χ2n) is 10.3. The lowest BCUT2D eigenvalue weighted by atomic mass is 9.71. The lowest BCUT2D eigenvalue weighted by Crippen LogP contribution is -2.23. The Morgan fingerprint density at radius 2 is 1.94 bits per heavy atom. The van der Waals surface area contributed by atoms with E-state index in [4.69, 9.17) is 4.98 Å². The number of aromatic amines is 1. The maximum Gasteiger partial charge on any atom is 0.158 e. The zero-order valence-electron chi connectivity index (χ0n) is 20.6. The molecule has 1 saturated carbocycles. The van der Waals surface area contributed by atoms with Crippen LogP contribution in [0.25, 0.3) is 27.9 Å². The van der Waals surface area contributed by atoms with Crippen LogP contribution in [0.15, 0.2) is 24.7 Å². The summed E-state index contributed by atoms with van der Waals surface area (Å²) >= 11 is 0. The predicted octanol–water partition coefficient (Wildman–Crippen LogP) is 5.33. The third kappa shape index (κ3) is 4.13. The molecule has 4 aromatic heterocycles. The summed E-state index contributed by atoms with van der Waals surface area (Å²) in [6.07, 6.45) is 8.92. The Balaban J connectivity index is 1.46. The largest absolute Gasteiger partial charge is 0.353 e. The molecule has 1 N–H and O–H groups in total. The monoisotopic (exact) mass is 479 g/mol. The number of aromatic nitrogens is 5. The van der Waals surface area contributed by atoms with E-state index in [9.17, 15) is 8.42 Å². The Bertz CT molecular complexity index is 1480. The molecular formula is C26H33N5O2S. The molecule has 180 valence electrons. The zero-order chi connectivity index (χ0) is 24.2. The highest BCUT2D eigenvalue weighted by Gasteiger charge is 2.31. The number of hydrogen-bond acceptors (Lipinski definition) is 5. The maximum atomic E-state index is 11.4. The van der Waals surface area contributed by atoms with Crippen LogP contribution in [0.1, 0.15) is 73.8 Å². The molecule has 1 fully saturated rings. The first-order valence-corrected chi connectivity index (χ1v) is 14.2. The van der Waals surface area contributed by atoms with Gasteiger partial charge in [0.05, 0.1) is 16.7 Å². The van der Waals surface area contributed by atoms with Crippen LogP contribution in [0, 0.1) is 19.8 Å². The molecule has 0 amide bonds. The minimum absolute atomic E-state index is 0.293. The SMILES string of the molecule is Cc1c(-c2[nH]c3ccc(C4CC(CCCS(C)(=O)=O)C4)nc3c2C(C)C)cn2ncnc2c1C. The number of nitrogens with one attached hydrogen (secondary N) is 1. The van der Waals surface area contributed by atoms with Gasteiger partial charge in [0.2, 0.25) is 0 Å². The van der Waals surface area contributed by atoms with E-state index >= 15 is 0 Å². The molecule has 0 atom stereocenters. The highest BCUT2D eigenvalue weighted by molar-refractivity contribution is 7.90. The lowest BCUT2D eigenvalue weighted by molar-refractivity contribution is 0.243. The van der Waals surface area contributed by atoms with Crippen molar-refractivity contribution in [2.24, 2.45) is 5.92 Å². The zero-order valence-corrected chi connectivity index (χ0v) is 21.4. The third-order valence-electron chi connectivity index (χ3n) is 7.46. The van der Waals surface area contributed by atoms with E-state index in [1.165, 1.54) is 17.4 Å². The smallest absolute Gasteiger partial charge is 0.158 e. The van der Waals surface area contributed by atoms with Gasteiger partial charge in [0.25, 0.3) is 0 Å². The molecule has 0 bridgehead atoms. The Kier molecular flexibility index (Phi) is 5.74. The molecule has 5 rings (SSSR count). The number of sulfone groups is 1. The fourth-order valence-electron chi connectivity index (χ4n) is 5.40. The van der Waals surface area contributed by atoms with Crippen LogP contribution in [-0.4, -0.2) is 45.0 Å². The molecule has 0 radical (unpaired) electrons. The van der Waals surface area contributed by atoms with Gasteiger partial charge < -0.3 is 4.98 Å². The third-order valence-corrected chi connectivity index (χ3v) is 8.49. The molecule has 0 aliphatic heterocycles. The van der Waals surface area contributed by atoms with Gasteiger partial charge in [0, 0.05) is 40.9 Å². The van der Waals surface area contributed by atoms with Crippen molar-refractivity contribution in [3.63, 3.8) is 0 Å². The second-order valence-corrected chi connectivity index (χ2v) is 12.6. The quantitative estimate of drug-likeness (QED) is 0.387. The van der Waals surface area contributed by atoms with E-state index in [0.29, 0.717) is 23.5 Å². The van der Waals surface area contributed by atoms with Crippen LogP contribution in [0.4, 0.5) is 0 Å². The van der Waals surface area contributed by atoms with Crippen molar-refractivity contribution in [1.82, 2.24) is 24.6 Å². The first kappa shape index (κ1) is 23.0. The molecule has 0 aromatic carbocycles. The maximum absolute atomic E-state index is 11.4. The minimum Gasteiger partial charge on any atom is -0.353 e. The Morgan fingerprint density at radius 1 is 1.18 bits per heavy atom. The molecule has 0 saturated heterocycles. The van der Waals surface area contributed by atoms with Crippen LogP contribution < -0.4 is 0 Å². The first-order chi connectivity index (χ1) is 16.1. The molecule has 4 aromatic rings. The van der Waals surface area contributed by atoms with E-state index in [1.807, 2.05) is 4.52 Å². The van der Waals surface area contributed by atoms with E-state index in [2.05, 4.69) is 61.1 Å². The van der Waals surface area contributed by atoms with Gasteiger partial charge in [-0.2, -0.15) is 5.10 Å². The van der Waals surface area contributed by atoms with E-state index in [-0.39, 0.29) is 0 Å². The fourth-order valence-corrected chi connectivity index (χ4v) is 6.09. The molecule has 1 aliphatic carbocycles. The van der Waals surface area contributed by atoms with Gasteiger partial charge >= 0.3 is 0 Å². The molecule has 7 nitrogen and oxygen atoms in total. The van der Waals surface area contributed by atoms with Crippen LogP contribution >= 0.6 is 0 Å². The number of hydrogen-bond donors (Lipinski definition) is 1. The average molecular weight is 480 g/mol. The van der Waals surface area contributed by atoms with Crippen LogP contribution in [-0.2, 0) is 9.84 Å². The molecule has 1 aliphatic rings. The van der Waals surface area contributed by atoms with Crippen molar-refractivity contribution >= 4 is 26.5 Å². The van der Waals surface area contributed by atoms with E-state index in [0.717, 1.165) is 64.9 Å². The topological polar surface area (TPSA) is 93.0 Å². The summed E-state index contributed by atoms with van der Waals surface area (Å²) < 4.78 is 24.6. The molecular weight excluding hydrogens is 446 g/mol. The van der Waals surface area contributed by atoms with Gasteiger partial charge in [-0.3, -0.25) is 4.98 Å². The van der Waals surface area contributed by atoms with Crippen molar-refractivity contribution in [2.75, 3.05) is 12.0 Å². The van der Waals surface area contributed by atoms with Gasteiger partial charge in [-0.05, 0) is 74.6 Å². The van der Waals surface area contributed by atoms with E-state index in [1.54, 1.807) is 6.33 Å². The van der Waals surface area contributed by atoms with Crippen molar-refractivity contribution in [2.45, 2.75) is 65.2 Å². The van der Waals surface area contributed by atoms with Crippen LogP contribution in [0.5, 0.6) is 0 Å². The highest BCUT2D eigenvalue weighted by atomic mass is 32.2. The van der Waals surface area contributed by atoms with Crippen molar-refractivity contribution < 1.29 is 8.42 Å². The second kappa shape index (κ2) is 8.48. The molecule has 34 heavy (non-hydrogen) atoms. The number of H-pyrrole nitrogens is 1. The summed E-state index contributed by atoms with van der Waals surface area (Å²) in [6.45, 7) is 8.68. The molecule has 8 heteroatoms. The van der Waals surface area contributed by atoms with E-state index < -0.39 is 9.84 Å². The summed E-state index contributed by atoms with van der Waals surface area (Å²) in [5.74, 6) is 1.67. The Morgan fingerprint density at radius 3 is 2.65 bits per heavy atom. The van der Waals surface area contributed by atoms with Gasteiger partial charge in [-0.1, -0.05) is 13.8 Å². The standard InChI is InChI=1S/C26H33N5O2S/c1-15(2)23-24(20-13-31-26(27-14-28-31)17(4)16(20)3)30-22-9-8-21(29-25(22)23)19-11-18(12-19)7-6-10-34(5,32)33/h8-9,13-15,18-19,30H,6-7,10-12H2,1-5H3. The number of fused-ring (bicyclic) bond motifs is 2. The van der Waals surface area contributed by atoms with Crippen molar-refractivity contribution in [3.8, 4) is 11.3 Å². The number of aryl methyl sites for hydroxylation is 1. The van der Waals surface area contributed by atoms with Crippen molar-refractivity contribution in [1.29, 1.82) is 0 Å². The van der Waals surface area contributed by atoms with Gasteiger partial charge in [0.15, 0.2) is 5.65 Å². The number of pyridine rings is 2. The van der Waals surface area contributed by atoms with Gasteiger partial charge in [-0.25, -0.2) is 17.9 Å².